The Hall–Kier alpha value is -0.0800. The van der Waals surface area contributed by atoms with E-state index in [0.717, 1.165) is 17.8 Å². The van der Waals surface area contributed by atoms with Crippen molar-refractivity contribution in [2.24, 2.45) is 17.8 Å². The maximum absolute atomic E-state index is 3.73. The Morgan fingerprint density at radius 2 is 1.89 bits per heavy atom. The van der Waals surface area contributed by atoms with Gasteiger partial charge in [0.05, 0.1) is 0 Å². The largest absolute Gasteiger partial charge is 0.316 e. The normalized spacial score (nSPS) is 36.3. The quantitative estimate of drug-likeness (QED) is 0.729. The lowest BCUT2D eigenvalue weighted by atomic mass is 9.89. The third kappa shape index (κ3) is 3.27. The first kappa shape index (κ1) is 12.9. The first-order chi connectivity index (χ1) is 8.92. The lowest BCUT2D eigenvalue weighted by Crippen LogP contribution is -2.33. The molecule has 3 atom stereocenters. The predicted octanol–water partition coefficient (Wildman–Crippen LogP) is 2.89. The van der Waals surface area contributed by atoms with E-state index in [0.29, 0.717) is 0 Å². The van der Waals surface area contributed by atoms with E-state index in [1.165, 1.54) is 77.7 Å². The molecular weight excluding hydrogens is 220 g/mol. The van der Waals surface area contributed by atoms with Crippen LogP contribution in [0.4, 0.5) is 0 Å². The van der Waals surface area contributed by atoms with Crippen LogP contribution in [0.3, 0.4) is 0 Å². The molecule has 2 bridgehead atoms. The number of hydrogen-bond acceptors (Lipinski definition) is 2. The molecule has 104 valence electrons. The highest BCUT2D eigenvalue weighted by molar-refractivity contribution is 4.90. The molecule has 0 spiro atoms. The van der Waals surface area contributed by atoms with E-state index < -0.39 is 0 Å². The second kappa shape index (κ2) is 6.38. The van der Waals surface area contributed by atoms with Crippen molar-refractivity contribution >= 4 is 0 Å². The van der Waals surface area contributed by atoms with Crippen LogP contribution >= 0.6 is 0 Å². The highest BCUT2D eigenvalue weighted by Crippen LogP contribution is 2.47. The molecule has 3 rings (SSSR count). The molecule has 3 unspecified atom stereocenters. The molecule has 2 heteroatoms. The van der Waals surface area contributed by atoms with Gasteiger partial charge in [-0.1, -0.05) is 12.8 Å². The van der Waals surface area contributed by atoms with E-state index in [9.17, 15) is 0 Å². The van der Waals surface area contributed by atoms with Crippen LogP contribution < -0.4 is 5.32 Å². The second-order valence-corrected chi connectivity index (χ2v) is 6.89. The summed E-state index contributed by atoms with van der Waals surface area (Å²) in [5, 5.41) is 3.73. The van der Waals surface area contributed by atoms with Crippen molar-refractivity contribution in [3.05, 3.63) is 0 Å². The number of hydrogen-bond donors (Lipinski definition) is 1. The maximum atomic E-state index is 3.73. The Labute approximate surface area is 113 Å². The zero-order valence-corrected chi connectivity index (χ0v) is 11.9. The van der Waals surface area contributed by atoms with Crippen molar-refractivity contribution in [3.8, 4) is 0 Å². The number of fused-ring (bicyclic) bond motifs is 2. The third-order valence-corrected chi connectivity index (χ3v) is 5.57. The average molecular weight is 250 g/mol. The van der Waals surface area contributed by atoms with Gasteiger partial charge >= 0.3 is 0 Å². The summed E-state index contributed by atoms with van der Waals surface area (Å²) in [6.45, 7) is 6.58. The van der Waals surface area contributed by atoms with Gasteiger partial charge in [-0.2, -0.15) is 0 Å². The summed E-state index contributed by atoms with van der Waals surface area (Å²) in [7, 11) is 0. The monoisotopic (exact) mass is 250 g/mol. The Kier molecular flexibility index (Phi) is 4.58. The maximum Gasteiger partial charge on any atom is -0.000664 e. The summed E-state index contributed by atoms with van der Waals surface area (Å²) >= 11 is 0. The Balaban J connectivity index is 1.22. The summed E-state index contributed by atoms with van der Waals surface area (Å²) in [6, 6.07) is 0. The van der Waals surface area contributed by atoms with Gasteiger partial charge in [-0.3, -0.25) is 0 Å². The molecule has 1 heterocycles. The van der Waals surface area contributed by atoms with Crippen molar-refractivity contribution in [3.63, 3.8) is 0 Å². The number of rotatable bonds is 6. The number of nitrogens with zero attached hydrogens (tertiary/aromatic N) is 1. The predicted molar refractivity (Wildman–Crippen MR) is 76.7 cm³/mol. The molecule has 18 heavy (non-hydrogen) atoms. The minimum atomic E-state index is 1.03. The van der Waals surface area contributed by atoms with Gasteiger partial charge in [0, 0.05) is 0 Å². The summed E-state index contributed by atoms with van der Waals surface area (Å²) in [5.74, 6) is 3.22. The van der Waals surface area contributed by atoms with Gasteiger partial charge in [0.2, 0.25) is 0 Å². The van der Waals surface area contributed by atoms with E-state index in [1.807, 2.05) is 0 Å². The summed E-state index contributed by atoms with van der Waals surface area (Å²) in [4.78, 5) is 2.66. The van der Waals surface area contributed by atoms with E-state index in [4.69, 9.17) is 0 Å². The fraction of sp³-hybridized carbons (Fsp3) is 1.00. The van der Waals surface area contributed by atoms with Gasteiger partial charge < -0.3 is 10.2 Å². The molecule has 1 saturated heterocycles. The molecule has 2 nitrogen and oxygen atoms in total. The lowest BCUT2D eigenvalue weighted by molar-refractivity contribution is 0.224. The average Bonchev–Trinajstić information content (AvgIpc) is 3.02. The van der Waals surface area contributed by atoms with Crippen molar-refractivity contribution in [1.29, 1.82) is 0 Å². The summed E-state index contributed by atoms with van der Waals surface area (Å²) in [5.41, 5.74) is 0. The highest BCUT2D eigenvalue weighted by Gasteiger charge is 2.38. The van der Waals surface area contributed by atoms with Crippen LogP contribution in [0, 0.1) is 17.8 Å². The molecule has 3 aliphatic rings. The molecule has 0 aromatic heterocycles. The van der Waals surface area contributed by atoms with Crippen molar-refractivity contribution < 1.29 is 0 Å². The van der Waals surface area contributed by atoms with Crippen molar-refractivity contribution in [2.45, 2.75) is 51.4 Å². The van der Waals surface area contributed by atoms with Gasteiger partial charge in [0.15, 0.2) is 0 Å². The number of likely N-dealkylation sites (tertiary alicyclic amines) is 1. The zero-order chi connectivity index (χ0) is 12.2. The fourth-order valence-corrected chi connectivity index (χ4v) is 4.52. The van der Waals surface area contributed by atoms with Gasteiger partial charge in [-0.15, -0.1) is 0 Å². The van der Waals surface area contributed by atoms with Crippen molar-refractivity contribution in [1.82, 2.24) is 10.2 Å². The van der Waals surface area contributed by atoms with E-state index >= 15 is 0 Å². The van der Waals surface area contributed by atoms with Gasteiger partial charge in [0.1, 0.15) is 0 Å². The Morgan fingerprint density at radius 3 is 2.61 bits per heavy atom. The van der Waals surface area contributed by atoms with Crippen LogP contribution in [-0.2, 0) is 0 Å². The van der Waals surface area contributed by atoms with Crippen LogP contribution in [0.15, 0.2) is 0 Å². The Bertz CT molecular complexity index is 247. The first-order valence-corrected chi connectivity index (χ1v) is 8.35. The van der Waals surface area contributed by atoms with Crippen LogP contribution in [0.2, 0.25) is 0 Å². The van der Waals surface area contributed by atoms with Crippen LogP contribution in [0.1, 0.15) is 51.4 Å². The van der Waals surface area contributed by atoms with E-state index in [2.05, 4.69) is 10.2 Å². The minimum Gasteiger partial charge on any atom is -0.316 e. The van der Waals surface area contributed by atoms with Crippen LogP contribution in [0.25, 0.3) is 0 Å². The SMILES string of the molecule is C1CCN(CCCNCC2CC3CCC2C3)CC1. The third-order valence-electron chi connectivity index (χ3n) is 5.57. The molecule has 0 aromatic carbocycles. The molecule has 1 N–H and O–H groups in total. The van der Waals surface area contributed by atoms with Crippen molar-refractivity contribution in [2.75, 3.05) is 32.7 Å². The zero-order valence-electron chi connectivity index (χ0n) is 11.9. The molecule has 3 fully saturated rings. The standard InChI is InChI=1S/C16H30N2/c1-2-8-18(9-3-1)10-4-7-17-13-16-12-14-5-6-15(16)11-14/h14-17H,1-13H2. The molecule has 0 radical (unpaired) electrons. The van der Waals surface area contributed by atoms with Gasteiger partial charge in [0.25, 0.3) is 0 Å². The number of piperidine rings is 1. The molecule has 2 saturated carbocycles. The molecule has 0 aromatic rings. The molecule has 0 amide bonds. The minimum absolute atomic E-state index is 1.03. The second-order valence-electron chi connectivity index (χ2n) is 6.89. The van der Waals surface area contributed by atoms with Gasteiger partial charge in [-0.05, 0) is 89.0 Å². The summed E-state index contributed by atoms with van der Waals surface area (Å²) < 4.78 is 0. The highest BCUT2D eigenvalue weighted by atomic mass is 15.1. The van der Waals surface area contributed by atoms with E-state index in [-0.39, 0.29) is 0 Å². The summed E-state index contributed by atoms with van der Waals surface area (Å²) in [6.07, 6.45) is 11.8. The number of nitrogens with one attached hydrogen (secondary N) is 1. The van der Waals surface area contributed by atoms with E-state index in [1.54, 1.807) is 6.42 Å². The van der Waals surface area contributed by atoms with Crippen LogP contribution in [0.5, 0.6) is 0 Å². The fourth-order valence-electron chi connectivity index (χ4n) is 4.52. The molecular formula is C16H30N2. The smallest absolute Gasteiger partial charge is 0.000664 e. The topological polar surface area (TPSA) is 15.3 Å². The molecule has 1 aliphatic heterocycles. The molecule has 2 aliphatic carbocycles. The van der Waals surface area contributed by atoms with Gasteiger partial charge in [-0.25, -0.2) is 0 Å². The Morgan fingerprint density at radius 1 is 1.00 bits per heavy atom. The van der Waals surface area contributed by atoms with Crippen LogP contribution in [-0.4, -0.2) is 37.6 Å². The first-order valence-electron chi connectivity index (χ1n) is 8.35. The lowest BCUT2D eigenvalue weighted by Gasteiger charge is -2.26.